The number of likely N-dealkylation sites (tertiary alicyclic amines) is 1. The van der Waals surface area contributed by atoms with E-state index in [0.29, 0.717) is 12.1 Å². The van der Waals surface area contributed by atoms with Gasteiger partial charge in [0.1, 0.15) is 11.5 Å². The predicted octanol–water partition coefficient (Wildman–Crippen LogP) is 5.30. The van der Waals surface area contributed by atoms with Crippen LogP contribution in [-0.2, 0) is 0 Å². The van der Waals surface area contributed by atoms with Crippen LogP contribution in [0.25, 0.3) is 10.6 Å². The highest BCUT2D eigenvalue weighted by Crippen LogP contribution is 2.34. The van der Waals surface area contributed by atoms with Crippen LogP contribution in [0.3, 0.4) is 0 Å². The Morgan fingerprint density at radius 2 is 2.12 bits per heavy atom. The molecule has 134 valence electrons. The highest BCUT2D eigenvalue weighted by molar-refractivity contribution is 7.13. The molecule has 3 heterocycles. The normalized spacial score (nSPS) is 17.9. The van der Waals surface area contributed by atoms with Gasteiger partial charge in [-0.1, -0.05) is 30.1 Å². The smallest absolute Gasteiger partial charge is 0.254 e. The molecule has 1 aromatic carbocycles. The number of amides is 1. The van der Waals surface area contributed by atoms with Crippen molar-refractivity contribution in [3.05, 3.63) is 64.9 Å². The first kappa shape index (κ1) is 17.0. The second-order valence-corrected chi connectivity index (χ2v) is 7.42. The SMILES string of the molecule is O=C(c1cccc(F)c1)N1CCCCCC1c1cc(-c2cccs2)on1. The van der Waals surface area contributed by atoms with Crippen molar-refractivity contribution in [2.45, 2.75) is 31.7 Å². The first-order valence-corrected chi connectivity index (χ1v) is 9.67. The van der Waals surface area contributed by atoms with Gasteiger partial charge >= 0.3 is 0 Å². The number of halogens is 1. The Hall–Kier alpha value is -2.47. The van der Waals surface area contributed by atoms with Crippen LogP contribution in [0.1, 0.15) is 47.8 Å². The minimum Gasteiger partial charge on any atom is -0.355 e. The maximum absolute atomic E-state index is 13.6. The van der Waals surface area contributed by atoms with Crippen LogP contribution >= 0.6 is 11.3 Å². The Kier molecular flexibility index (Phi) is 4.84. The van der Waals surface area contributed by atoms with Crippen LogP contribution < -0.4 is 0 Å². The summed E-state index contributed by atoms with van der Waals surface area (Å²) in [5.41, 5.74) is 1.14. The third kappa shape index (κ3) is 3.42. The third-order valence-electron chi connectivity index (χ3n) is 4.72. The van der Waals surface area contributed by atoms with Crippen molar-refractivity contribution in [2.24, 2.45) is 0 Å². The molecule has 1 saturated heterocycles. The van der Waals surface area contributed by atoms with Crippen molar-refractivity contribution in [2.75, 3.05) is 6.54 Å². The zero-order chi connectivity index (χ0) is 17.9. The zero-order valence-electron chi connectivity index (χ0n) is 14.2. The minimum atomic E-state index is -0.399. The van der Waals surface area contributed by atoms with Gasteiger partial charge in [-0.25, -0.2) is 4.39 Å². The number of benzene rings is 1. The van der Waals surface area contributed by atoms with Crippen LogP contribution in [0.15, 0.2) is 52.4 Å². The summed E-state index contributed by atoms with van der Waals surface area (Å²) in [6, 6.07) is 11.6. The summed E-state index contributed by atoms with van der Waals surface area (Å²) in [7, 11) is 0. The molecular formula is C20H19FN2O2S. The Labute approximate surface area is 155 Å². The number of nitrogens with zero attached hydrogens (tertiary/aromatic N) is 2. The fourth-order valence-electron chi connectivity index (χ4n) is 3.43. The number of hydrogen-bond acceptors (Lipinski definition) is 4. The molecule has 0 N–H and O–H groups in total. The lowest BCUT2D eigenvalue weighted by Gasteiger charge is -2.28. The standard InChI is InChI=1S/C20H19FN2O2S/c21-15-7-4-6-14(12-15)20(24)23-10-3-1-2-8-17(23)16-13-18(25-22-16)19-9-5-11-26-19/h4-7,9,11-13,17H,1-3,8,10H2. The van der Waals surface area contributed by atoms with E-state index in [2.05, 4.69) is 5.16 Å². The van der Waals surface area contributed by atoms with Gasteiger partial charge in [0.05, 0.1) is 10.9 Å². The van der Waals surface area contributed by atoms with E-state index in [9.17, 15) is 9.18 Å². The van der Waals surface area contributed by atoms with Gasteiger partial charge in [0, 0.05) is 18.2 Å². The lowest BCUT2D eigenvalue weighted by atomic mass is 10.0. The molecule has 1 aliphatic heterocycles. The average Bonchev–Trinajstić information content (AvgIpc) is 3.29. The van der Waals surface area contributed by atoms with Gasteiger partial charge in [0.15, 0.2) is 5.76 Å². The molecule has 1 aliphatic rings. The number of carbonyl (C=O) groups is 1. The van der Waals surface area contributed by atoms with Crippen molar-refractivity contribution in [3.63, 3.8) is 0 Å². The number of thiophene rings is 1. The van der Waals surface area contributed by atoms with Crippen molar-refractivity contribution < 1.29 is 13.7 Å². The van der Waals surface area contributed by atoms with E-state index in [4.69, 9.17) is 4.52 Å². The molecule has 0 bridgehead atoms. The average molecular weight is 370 g/mol. The van der Waals surface area contributed by atoms with E-state index >= 15 is 0 Å². The van der Waals surface area contributed by atoms with E-state index < -0.39 is 5.82 Å². The van der Waals surface area contributed by atoms with Gasteiger partial charge in [0.25, 0.3) is 5.91 Å². The molecule has 4 nitrogen and oxygen atoms in total. The van der Waals surface area contributed by atoms with Crippen LogP contribution in [0.5, 0.6) is 0 Å². The molecule has 3 aromatic rings. The highest BCUT2D eigenvalue weighted by atomic mass is 32.1. The van der Waals surface area contributed by atoms with E-state index in [1.54, 1.807) is 23.5 Å². The van der Waals surface area contributed by atoms with Gasteiger partial charge < -0.3 is 9.42 Å². The van der Waals surface area contributed by atoms with E-state index in [1.165, 1.54) is 12.1 Å². The number of carbonyl (C=O) groups excluding carboxylic acids is 1. The summed E-state index contributed by atoms with van der Waals surface area (Å²) in [6.07, 6.45) is 3.86. The second-order valence-electron chi connectivity index (χ2n) is 6.47. The van der Waals surface area contributed by atoms with Crippen molar-refractivity contribution in [1.82, 2.24) is 10.1 Å². The third-order valence-corrected chi connectivity index (χ3v) is 5.60. The fourth-order valence-corrected chi connectivity index (χ4v) is 4.10. The van der Waals surface area contributed by atoms with Gasteiger partial charge in [-0.15, -0.1) is 11.3 Å². The molecule has 0 saturated carbocycles. The summed E-state index contributed by atoms with van der Waals surface area (Å²) in [5, 5.41) is 6.23. The number of aromatic nitrogens is 1. The van der Waals surface area contributed by atoms with Crippen LogP contribution in [0.2, 0.25) is 0 Å². The van der Waals surface area contributed by atoms with Crippen LogP contribution in [0, 0.1) is 5.82 Å². The summed E-state index contributed by atoms with van der Waals surface area (Å²) in [6.45, 7) is 0.640. The molecule has 0 aliphatic carbocycles. The zero-order valence-corrected chi connectivity index (χ0v) is 15.0. The predicted molar refractivity (Wildman–Crippen MR) is 98.5 cm³/mol. The first-order chi connectivity index (χ1) is 12.7. The Morgan fingerprint density at radius 3 is 2.92 bits per heavy atom. The molecule has 1 fully saturated rings. The lowest BCUT2D eigenvalue weighted by Crippen LogP contribution is -2.35. The van der Waals surface area contributed by atoms with Gasteiger partial charge in [0.2, 0.25) is 0 Å². The van der Waals surface area contributed by atoms with Gasteiger partial charge in [-0.2, -0.15) is 0 Å². The summed E-state index contributed by atoms with van der Waals surface area (Å²) in [4.78, 5) is 15.9. The molecule has 0 radical (unpaired) electrons. The Morgan fingerprint density at radius 1 is 1.19 bits per heavy atom. The van der Waals surface area contributed by atoms with Gasteiger partial charge in [-0.05, 0) is 42.5 Å². The Balaban J connectivity index is 1.65. The first-order valence-electron chi connectivity index (χ1n) is 8.79. The number of rotatable bonds is 3. The highest BCUT2D eigenvalue weighted by Gasteiger charge is 2.30. The van der Waals surface area contributed by atoms with E-state index in [-0.39, 0.29) is 11.9 Å². The monoisotopic (exact) mass is 370 g/mol. The molecule has 1 atom stereocenters. The quantitative estimate of drug-likeness (QED) is 0.628. The minimum absolute atomic E-state index is 0.147. The molecule has 1 amide bonds. The Bertz CT molecular complexity index is 891. The fraction of sp³-hybridized carbons (Fsp3) is 0.300. The van der Waals surface area contributed by atoms with Gasteiger partial charge in [-0.3, -0.25) is 4.79 Å². The maximum Gasteiger partial charge on any atom is 0.254 e. The molecular weight excluding hydrogens is 351 g/mol. The van der Waals surface area contributed by atoms with Crippen molar-refractivity contribution >= 4 is 17.2 Å². The molecule has 26 heavy (non-hydrogen) atoms. The molecule has 6 heteroatoms. The molecule has 1 unspecified atom stereocenters. The summed E-state index contributed by atoms with van der Waals surface area (Å²) in [5.74, 6) is 0.165. The van der Waals surface area contributed by atoms with Crippen molar-refractivity contribution in [1.29, 1.82) is 0 Å². The second kappa shape index (κ2) is 7.41. The molecule has 2 aromatic heterocycles. The molecule has 0 spiro atoms. The topological polar surface area (TPSA) is 46.3 Å². The summed E-state index contributed by atoms with van der Waals surface area (Å²) < 4.78 is 19.1. The van der Waals surface area contributed by atoms with Crippen molar-refractivity contribution in [3.8, 4) is 10.6 Å². The lowest BCUT2D eigenvalue weighted by molar-refractivity contribution is 0.0673. The number of hydrogen-bond donors (Lipinski definition) is 0. The maximum atomic E-state index is 13.6. The molecule has 4 rings (SSSR count). The largest absolute Gasteiger partial charge is 0.355 e. The van der Waals surface area contributed by atoms with Crippen LogP contribution in [-0.4, -0.2) is 22.5 Å². The summed E-state index contributed by atoms with van der Waals surface area (Å²) >= 11 is 1.59. The van der Waals surface area contributed by atoms with Crippen LogP contribution in [0.4, 0.5) is 4.39 Å². The van der Waals surface area contributed by atoms with E-state index in [0.717, 1.165) is 42.0 Å². The van der Waals surface area contributed by atoms with E-state index in [1.807, 2.05) is 28.5 Å².